The van der Waals surface area contributed by atoms with Crippen LogP contribution in [0, 0.1) is 5.92 Å². The zero-order valence-corrected chi connectivity index (χ0v) is 17.3. The Hall–Kier alpha value is -1.77. The van der Waals surface area contributed by atoms with E-state index in [4.69, 9.17) is 0 Å². The van der Waals surface area contributed by atoms with Crippen molar-refractivity contribution in [1.29, 1.82) is 0 Å². The maximum absolute atomic E-state index is 12.6. The normalized spacial score (nSPS) is 15.4. The fraction of sp³-hybridized carbons (Fsp3) is 0.474. The van der Waals surface area contributed by atoms with Crippen molar-refractivity contribution in [2.45, 2.75) is 44.4 Å². The monoisotopic (exact) mass is 407 g/mol. The number of thiazole rings is 1. The Morgan fingerprint density at radius 2 is 1.81 bits per heavy atom. The molecular weight excluding hydrogens is 382 g/mol. The van der Waals surface area contributed by atoms with Crippen molar-refractivity contribution in [2.75, 3.05) is 18.4 Å². The molecule has 1 fully saturated rings. The summed E-state index contributed by atoms with van der Waals surface area (Å²) >= 11 is 1.38. The minimum atomic E-state index is -3.46. The molecule has 0 unspecified atom stereocenters. The first-order valence-corrected chi connectivity index (χ1v) is 11.6. The first-order chi connectivity index (χ1) is 13.0. The molecule has 1 N–H and O–H groups in total. The predicted octanol–water partition coefficient (Wildman–Crippen LogP) is 3.97. The highest BCUT2D eigenvalue weighted by molar-refractivity contribution is 7.89. The number of amides is 1. The number of nitrogens with zero attached hydrogens (tertiary/aromatic N) is 2. The summed E-state index contributed by atoms with van der Waals surface area (Å²) in [6.45, 7) is 4.53. The van der Waals surface area contributed by atoms with E-state index in [0.717, 1.165) is 36.9 Å². The lowest BCUT2D eigenvalue weighted by Crippen LogP contribution is -2.30. The molecule has 146 valence electrons. The van der Waals surface area contributed by atoms with E-state index in [9.17, 15) is 13.2 Å². The van der Waals surface area contributed by atoms with Crippen LogP contribution in [0.3, 0.4) is 0 Å². The predicted molar refractivity (Wildman–Crippen MR) is 108 cm³/mol. The second kappa shape index (κ2) is 8.50. The summed E-state index contributed by atoms with van der Waals surface area (Å²) in [4.78, 5) is 17.0. The van der Waals surface area contributed by atoms with Gasteiger partial charge in [0.2, 0.25) is 15.9 Å². The van der Waals surface area contributed by atoms with E-state index in [-0.39, 0.29) is 16.7 Å². The molecule has 1 aromatic heterocycles. The van der Waals surface area contributed by atoms with Crippen molar-refractivity contribution >= 4 is 32.4 Å². The largest absolute Gasteiger partial charge is 0.302 e. The van der Waals surface area contributed by atoms with E-state index in [0.29, 0.717) is 18.2 Å². The molecule has 27 heavy (non-hydrogen) atoms. The number of carbonyl (C=O) groups is 1. The van der Waals surface area contributed by atoms with E-state index in [2.05, 4.69) is 10.3 Å². The average Bonchev–Trinajstić information content (AvgIpc) is 3.35. The molecular formula is C19H25N3O3S2. The second-order valence-corrected chi connectivity index (χ2v) is 9.42. The molecule has 8 heteroatoms. The minimum Gasteiger partial charge on any atom is -0.302 e. The van der Waals surface area contributed by atoms with E-state index in [1.165, 1.54) is 15.6 Å². The zero-order valence-electron chi connectivity index (χ0n) is 15.6. The number of sulfonamides is 1. The van der Waals surface area contributed by atoms with Gasteiger partial charge in [0.15, 0.2) is 5.13 Å². The summed E-state index contributed by atoms with van der Waals surface area (Å²) in [7, 11) is -3.46. The van der Waals surface area contributed by atoms with Gasteiger partial charge >= 0.3 is 0 Å². The second-order valence-electron chi connectivity index (χ2n) is 6.62. The molecule has 0 aliphatic heterocycles. The van der Waals surface area contributed by atoms with E-state index >= 15 is 0 Å². The van der Waals surface area contributed by atoms with Crippen LogP contribution in [0.25, 0.3) is 11.3 Å². The molecule has 3 rings (SSSR count). The van der Waals surface area contributed by atoms with Gasteiger partial charge in [-0.3, -0.25) is 4.79 Å². The van der Waals surface area contributed by atoms with Gasteiger partial charge < -0.3 is 5.32 Å². The van der Waals surface area contributed by atoms with Crippen molar-refractivity contribution in [2.24, 2.45) is 5.92 Å². The van der Waals surface area contributed by atoms with Gasteiger partial charge in [0.05, 0.1) is 10.6 Å². The lowest BCUT2D eigenvalue weighted by Gasteiger charge is -2.18. The molecule has 0 saturated heterocycles. The van der Waals surface area contributed by atoms with E-state index < -0.39 is 10.0 Å². The molecule has 1 heterocycles. The first kappa shape index (κ1) is 20.0. The zero-order chi connectivity index (χ0) is 19.4. The van der Waals surface area contributed by atoms with Crippen LogP contribution in [0.1, 0.15) is 39.5 Å². The van der Waals surface area contributed by atoms with Crippen LogP contribution in [0.15, 0.2) is 34.5 Å². The molecule has 6 nitrogen and oxygen atoms in total. The van der Waals surface area contributed by atoms with Gasteiger partial charge in [-0.05, 0) is 25.0 Å². The molecule has 1 aliphatic rings. The number of benzene rings is 1. The smallest absolute Gasteiger partial charge is 0.243 e. The summed E-state index contributed by atoms with van der Waals surface area (Å²) in [5, 5.41) is 5.36. The Bertz CT molecular complexity index is 881. The summed E-state index contributed by atoms with van der Waals surface area (Å²) in [5.74, 6) is 0.149. The highest BCUT2D eigenvalue weighted by Gasteiger charge is 2.24. The third-order valence-corrected chi connectivity index (χ3v) is 7.78. The topological polar surface area (TPSA) is 79.4 Å². The van der Waals surface area contributed by atoms with Gasteiger partial charge in [-0.25, -0.2) is 13.4 Å². The summed E-state index contributed by atoms with van der Waals surface area (Å²) in [5.41, 5.74) is 1.56. The van der Waals surface area contributed by atoms with Crippen molar-refractivity contribution in [3.63, 3.8) is 0 Å². The number of nitrogens with one attached hydrogen (secondary N) is 1. The molecule has 0 radical (unpaired) electrons. The number of hydrogen-bond donors (Lipinski definition) is 1. The first-order valence-electron chi connectivity index (χ1n) is 9.32. The number of hydrogen-bond acceptors (Lipinski definition) is 5. The SMILES string of the molecule is CCN(CC)S(=O)(=O)c1ccc(-c2csc(NC(=O)C3CCCC3)n2)cc1. The van der Waals surface area contributed by atoms with Crippen molar-refractivity contribution in [3.8, 4) is 11.3 Å². The molecule has 1 saturated carbocycles. The van der Waals surface area contributed by atoms with Gasteiger partial charge in [0.1, 0.15) is 0 Å². The minimum absolute atomic E-state index is 0.0501. The summed E-state index contributed by atoms with van der Waals surface area (Å²) < 4.78 is 26.5. The number of carbonyl (C=O) groups excluding carboxylic acids is 1. The Kier molecular flexibility index (Phi) is 6.29. The molecule has 0 bridgehead atoms. The van der Waals surface area contributed by atoms with Gasteiger partial charge in [-0.1, -0.05) is 38.8 Å². The van der Waals surface area contributed by atoms with Crippen LogP contribution < -0.4 is 5.32 Å². The summed E-state index contributed by atoms with van der Waals surface area (Å²) in [6.07, 6.45) is 4.13. The fourth-order valence-corrected chi connectivity index (χ4v) is 5.55. The quantitative estimate of drug-likeness (QED) is 0.753. The standard InChI is InChI=1S/C19H25N3O3S2/c1-3-22(4-2)27(24,25)16-11-9-14(10-12-16)17-13-26-19(20-17)21-18(23)15-7-5-6-8-15/h9-13,15H,3-8H2,1-2H3,(H,20,21,23). The lowest BCUT2D eigenvalue weighted by molar-refractivity contribution is -0.119. The molecule has 0 atom stereocenters. The molecule has 0 spiro atoms. The molecule has 1 aromatic carbocycles. The van der Waals surface area contributed by atoms with Crippen LogP contribution in [0.4, 0.5) is 5.13 Å². The molecule has 2 aromatic rings. The molecule has 1 aliphatic carbocycles. The van der Waals surface area contributed by atoms with E-state index in [1.807, 2.05) is 19.2 Å². The van der Waals surface area contributed by atoms with Gasteiger partial charge in [0.25, 0.3) is 0 Å². The van der Waals surface area contributed by atoms with Crippen molar-refractivity contribution < 1.29 is 13.2 Å². The number of anilines is 1. The van der Waals surface area contributed by atoms with Crippen molar-refractivity contribution in [3.05, 3.63) is 29.6 Å². The lowest BCUT2D eigenvalue weighted by atomic mass is 10.1. The highest BCUT2D eigenvalue weighted by Crippen LogP contribution is 2.29. The van der Waals surface area contributed by atoms with Crippen LogP contribution in [-0.2, 0) is 14.8 Å². The Morgan fingerprint density at radius 1 is 1.19 bits per heavy atom. The fourth-order valence-electron chi connectivity index (χ4n) is 3.37. The van der Waals surface area contributed by atoms with E-state index in [1.54, 1.807) is 24.3 Å². The maximum Gasteiger partial charge on any atom is 0.243 e. The Labute approximate surface area is 164 Å². The van der Waals surface area contributed by atoms with Crippen LogP contribution in [-0.4, -0.2) is 36.7 Å². The van der Waals surface area contributed by atoms with Crippen LogP contribution in [0.5, 0.6) is 0 Å². The van der Waals surface area contributed by atoms with Crippen LogP contribution >= 0.6 is 11.3 Å². The Morgan fingerprint density at radius 3 is 2.41 bits per heavy atom. The van der Waals surface area contributed by atoms with Gasteiger partial charge in [-0.15, -0.1) is 11.3 Å². The van der Waals surface area contributed by atoms with Gasteiger partial charge in [0, 0.05) is 30.0 Å². The molecule has 1 amide bonds. The maximum atomic E-state index is 12.6. The van der Waals surface area contributed by atoms with Gasteiger partial charge in [-0.2, -0.15) is 4.31 Å². The number of rotatable bonds is 7. The Balaban J connectivity index is 1.72. The third-order valence-electron chi connectivity index (χ3n) is 4.95. The highest BCUT2D eigenvalue weighted by atomic mass is 32.2. The average molecular weight is 408 g/mol. The van der Waals surface area contributed by atoms with Crippen molar-refractivity contribution in [1.82, 2.24) is 9.29 Å². The van der Waals surface area contributed by atoms with Crippen LogP contribution in [0.2, 0.25) is 0 Å². The third kappa shape index (κ3) is 4.39. The number of aromatic nitrogens is 1. The summed E-state index contributed by atoms with van der Waals surface area (Å²) in [6, 6.07) is 6.74.